The fourth-order valence-corrected chi connectivity index (χ4v) is 2.29. The summed E-state index contributed by atoms with van der Waals surface area (Å²) in [7, 11) is -6.61. The number of hydrogen-bond donors (Lipinski definition) is 1. The molecule has 0 spiro atoms. The Morgan fingerprint density at radius 3 is 1.79 bits per heavy atom. The number of esters is 2. The molecular formula is C14H13F11O8S. The van der Waals surface area contributed by atoms with Crippen LogP contribution >= 0.6 is 0 Å². The minimum absolute atomic E-state index is 1.17. The predicted octanol–water partition coefficient (Wildman–Crippen LogP) is 3.68. The summed E-state index contributed by atoms with van der Waals surface area (Å²) in [5, 5.41) is -6.00. The molecule has 0 radical (unpaired) electrons. The van der Waals surface area contributed by atoms with Crippen molar-refractivity contribution >= 4 is 22.1 Å². The van der Waals surface area contributed by atoms with Gasteiger partial charge in [-0.3, -0.25) is 4.55 Å². The van der Waals surface area contributed by atoms with E-state index >= 15 is 0 Å². The molecule has 0 aliphatic rings. The summed E-state index contributed by atoms with van der Waals surface area (Å²) in [5.74, 6) is -18.5. The number of halogens is 11. The molecule has 20 heteroatoms. The molecule has 0 aromatic rings. The summed E-state index contributed by atoms with van der Waals surface area (Å²) in [4.78, 5) is 22.8. The quantitative estimate of drug-likeness (QED) is 0.0978. The van der Waals surface area contributed by atoms with Crippen molar-refractivity contribution in [2.75, 3.05) is 13.2 Å². The second kappa shape index (κ2) is 10.6. The first kappa shape index (κ1) is 31.8. The van der Waals surface area contributed by atoms with E-state index in [4.69, 9.17) is 4.55 Å². The standard InChI is InChI=1S/C14H13F11O8S/c1-7(15)8(26)33-12(13(21,22)23,9(27)31-6-11(18,19)20)32-5-3-2-4-10(16,17)14(24,25)34(28,29)30/h1-6H2,(H,28,29,30). The molecule has 1 unspecified atom stereocenters. The molecule has 1 atom stereocenters. The van der Waals surface area contributed by atoms with Crippen LogP contribution in [0.3, 0.4) is 0 Å². The van der Waals surface area contributed by atoms with Gasteiger partial charge in [0.1, 0.15) is 0 Å². The van der Waals surface area contributed by atoms with E-state index < -0.39 is 89.7 Å². The van der Waals surface area contributed by atoms with E-state index in [0.717, 1.165) is 0 Å². The molecule has 200 valence electrons. The molecule has 0 fully saturated rings. The largest absolute Gasteiger partial charge is 0.468 e. The molecule has 0 aliphatic carbocycles. The van der Waals surface area contributed by atoms with Crippen molar-refractivity contribution in [3.05, 3.63) is 12.4 Å². The second-order valence-corrected chi connectivity index (χ2v) is 7.56. The van der Waals surface area contributed by atoms with Gasteiger partial charge in [-0.15, -0.1) is 0 Å². The van der Waals surface area contributed by atoms with Crippen LogP contribution in [0.4, 0.5) is 48.3 Å². The summed E-state index contributed by atoms with van der Waals surface area (Å²) in [6.45, 7) is -2.08. The highest BCUT2D eigenvalue weighted by Gasteiger charge is 2.68. The lowest BCUT2D eigenvalue weighted by Crippen LogP contribution is -2.58. The maximum atomic E-state index is 13.4. The third-order valence-corrected chi connectivity index (χ3v) is 4.35. The number of ether oxygens (including phenoxy) is 3. The molecule has 0 aliphatic heterocycles. The number of alkyl halides is 10. The van der Waals surface area contributed by atoms with Gasteiger partial charge in [-0.2, -0.15) is 56.7 Å². The predicted molar refractivity (Wildman–Crippen MR) is 83.4 cm³/mol. The first-order valence-electron chi connectivity index (χ1n) is 8.16. The SMILES string of the molecule is C=C(F)C(=O)OC(OCCCCC(F)(F)C(F)(F)S(=O)(=O)O)(C(=O)OCC(F)(F)F)C(F)(F)F. The van der Waals surface area contributed by atoms with Crippen molar-refractivity contribution in [1.82, 2.24) is 0 Å². The van der Waals surface area contributed by atoms with Gasteiger partial charge in [0.15, 0.2) is 6.61 Å². The molecule has 0 saturated heterocycles. The van der Waals surface area contributed by atoms with Crippen LogP contribution in [-0.4, -0.2) is 67.4 Å². The van der Waals surface area contributed by atoms with Gasteiger partial charge < -0.3 is 14.2 Å². The summed E-state index contributed by atoms with van der Waals surface area (Å²) in [6, 6.07) is 0. The van der Waals surface area contributed by atoms with E-state index in [1.165, 1.54) is 0 Å². The smallest absolute Gasteiger partial charge is 0.451 e. The maximum Gasteiger partial charge on any atom is 0.468 e. The zero-order valence-corrected chi connectivity index (χ0v) is 16.9. The fourth-order valence-electron chi connectivity index (χ4n) is 1.81. The van der Waals surface area contributed by atoms with Gasteiger partial charge in [0, 0.05) is 6.42 Å². The summed E-state index contributed by atoms with van der Waals surface area (Å²) < 4.78 is 182. The van der Waals surface area contributed by atoms with Gasteiger partial charge in [0.2, 0.25) is 5.83 Å². The number of rotatable bonds is 12. The zero-order valence-electron chi connectivity index (χ0n) is 16.1. The number of hydrogen-bond acceptors (Lipinski definition) is 7. The highest BCUT2D eigenvalue weighted by Crippen LogP contribution is 2.42. The summed E-state index contributed by atoms with van der Waals surface area (Å²) in [6.07, 6.45) is -16.2. The van der Waals surface area contributed by atoms with Crippen LogP contribution in [0.2, 0.25) is 0 Å². The minimum atomic E-state index is -6.61. The van der Waals surface area contributed by atoms with Crippen molar-refractivity contribution in [2.24, 2.45) is 0 Å². The zero-order chi connectivity index (χ0) is 27.4. The molecular weight excluding hydrogens is 537 g/mol. The topological polar surface area (TPSA) is 116 Å². The Kier molecular flexibility index (Phi) is 9.89. The van der Waals surface area contributed by atoms with Crippen LogP contribution in [0.15, 0.2) is 12.4 Å². The molecule has 0 bridgehead atoms. The van der Waals surface area contributed by atoms with Crippen LogP contribution < -0.4 is 0 Å². The van der Waals surface area contributed by atoms with Gasteiger partial charge in [0.25, 0.3) is 0 Å². The Morgan fingerprint density at radius 2 is 1.41 bits per heavy atom. The van der Waals surface area contributed by atoms with Gasteiger partial charge in [0.05, 0.1) is 6.61 Å². The Balaban J connectivity index is 5.64. The van der Waals surface area contributed by atoms with Crippen LogP contribution in [-0.2, 0) is 33.9 Å². The molecule has 0 amide bonds. The van der Waals surface area contributed by atoms with Gasteiger partial charge in [-0.05, 0) is 12.8 Å². The minimum Gasteiger partial charge on any atom is -0.451 e. The van der Waals surface area contributed by atoms with Crippen molar-refractivity contribution in [2.45, 2.75) is 48.6 Å². The first-order valence-corrected chi connectivity index (χ1v) is 9.60. The third-order valence-electron chi connectivity index (χ3n) is 3.41. The molecule has 0 aromatic heterocycles. The highest BCUT2D eigenvalue weighted by atomic mass is 32.2. The highest BCUT2D eigenvalue weighted by molar-refractivity contribution is 7.87. The first-order chi connectivity index (χ1) is 14.9. The van der Waals surface area contributed by atoms with Crippen molar-refractivity contribution in [1.29, 1.82) is 0 Å². The number of carbonyl (C=O) groups is 2. The summed E-state index contributed by atoms with van der Waals surface area (Å²) >= 11 is 0. The van der Waals surface area contributed by atoms with Crippen LogP contribution in [0.5, 0.6) is 0 Å². The van der Waals surface area contributed by atoms with E-state index in [2.05, 4.69) is 20.8 Å². The Morgan fingerprint density at radius 1 is 0.912 bits per heavy atom. The number of carbonyl (C=O) groups excluding carboxylic acids is 2. The average Bonchev–Trinajstić information content (AvgIpc) is 2.61. The molecule has 34 heavy (non-hydrogen) atoms. The lowest BCUT2D eigenvalue weighted by Gasteiger charge is -2.32. The average molecular weight is 550 g/mol. The van der Waals surface area contributed by atoms with E-state index in [9.17, 15) is 66.3 Å². The lowest BCUT2D eigenvalue weighted by molar-refractivity contribution is -0.357. The Labute approximate surface area is 182 Å². The van der Waals surface area contributed by atoms with Crippen molar-refractivity contribution < 1.29 is 85.1 Å². The monoisotopic (exact) mass is 550 g/mol. The summed E-state index contributed by atoms with van der Waals surface area (Å²) in [5.41, 5.74) is 0. The van der Waals surface area contributed by atoms with Crippen LogP contribution in [0, 0.1) is 0 Å². The van der Waals surface area contributed by atoms with Crippen molar-refractivity contribution in [3.63, 3.8) is 0 Å². The molecule has 1 N–H and O–H groups in total. The van der Waals surface area contributed by atoms with E-state index in [0.29, 0.717) is 0 Å². The molecule has 0 heterocycles. The van der Waals surface area contributed by atoms with Crippen LogP contribution in [0.1, 0.15) is 19.3 Å². The Hall–Kier alpha value is -2.22. The molecule has 0 rings (SSSR count). The van der Waals surface area contributed by atoms with E-state index in [-0.39, 0.29) is 0 Å². The normalized spacial score (nSPS) is 15.4. The second-order valence-electron chi connectivity index (χ2n) is 6.10. The van der Waals surface area contributed by atoms with E-state index in [1.54, 1.807) is 0 Å². The van der Waals surface area contributed by atoms with Crippen molar-refractivity contribution in [3.8, 4) is 0 Å². The molecule has 0 saturated carbocycles. The van der Waals surface area contributed by atoms with Gasteiger partial charge in [-0.25, -0.2) is 9.59 Å². The van der Waals surface area contributed by atoms with Crippen LogP contribution in [0.25, 0.3) is 0 Å². The van der Waals surface area contributed by atoms with E-state index in [1.807, 2.05) is 0 Å². The Bertz CT molecular complexity index is 866. The number of unbranched alkanes of at least 4 members (excludes halogenated alkanes) is 1. The lowest BCUT2D eigenvalue weighted by atomic mass is 10.1. The fraction of sp³-hybridized carbons (Fsp3) is 0.714. The van der Waals surface area contributed by atoms with Gasteiger partial charge >= 0.3 is 51.4 Å². The molecule has 8 nitrogen and oxygen atoms in total. The third kappa shape index (κ3) is 7.93. The molecule has 0 aromatic carbocycles. The maximum absolute atomic E-state index is 13.4. The van der Waals surface area contributed by atoms with Gasteiger partial charge in [-0.1, -0.05) is 6.58 Å².